The molecule has 0 aliphatic heterocycles. The fourth-order valence-corrected chi connectivity index (χ4v) is 0.330. The molecule has 0 aromatic carbocycles. The summed E-state index contributed by atoms with van der Waals surface area (Å²) in [6.07, 6.45) is 4.36. The maximum atomic E-state index is 5.61. The number of allylic oxidation sites excluding steroid dienone is 2. The standard InChI is InChI=1S/C6H10ClN/c1-3-6(7)4-5-8-2/h4-5H,3H2,1-2H3/b6-4+,8-5-. The quantitative estimate of drug-likeness (QED) is 0.510. The topological polar surface area (TPSA) is 12.4 Å². The number of halogens is 1. The van der Waals surface area contributed by atoms with Crippen LogP contribution in [0.25, 0.3) is 0 Å². The van der Waals surface area contributed by atoms with Gasteiger partial charge in [-0.15, -0.1) is 0 Å². The molecule has 0 rings (SSSR count). The predicted molar refractivity (Wildman–Crippen MR) is 38.6 cm³/mol. The average molecular weight is 132 g/mol. The van der Waals surface area contributed by atoms with Crippen molar-refractivity contribution in [1.29, 1.82) is 0 Å². The molecule has 0 radical (unpaired) electrons. The zero-order valence-electron chi connectivity index (χ0n) is 5.19. The monoisotopic (exact) mass is 131 g/mol. The summed E-state index contributed by atoms with van der Waals surface area (Å²) in [6.45, 7) is 2.00. The summed E-state index contributed by atoms with van der Waals surface area (Å²) in [5.41, 5.74) is 0. The minimum atomic E-state index is 0.843. The molecule has 0 heterocycles. The van der Waals surface area contributed by atoms with Crippen LogP contribution in [0.5, 0.6) is 0 Å². The predicted octanol–water partition coefficient (Wildman–Crippen LogP) is 2.22. The molecule has 0 aromatic heterocycles. The second-order valence-corrected chi connectivity index (χ2v) is 1.86. The van der Waals surface area contributed by atoms with Crippen molar-refractivity contribution in [3.63, 3.8) is 0 Å². The number of nitrogens with zero attached hydrogens (tertiary/aromatic N) is 1. The minimum absolute atomic E-state index is 0.843. The zero-order valence-corrected chi connectivity index (χ0v) is 5.94. The molecule has 0 fully saturated rings. The van der Waals surface area contributed by atoms with Crippen molar-refractivity contribution in [2.45, 2.75) is 13.3 Å². The smallest absolute Gasteiger partial charge is 0.0277 e. The summed E-state index contributed by atoms with van der Waals surface area (Å²) in [5.74, 6) is 0. The first kappa shape index (κ1) is 7.70. The van der Waals surface area contributed by atoms with Crippen molar-refractivity contribution in [3.8, 4) is 0 Å². The molecule has 2 heteroatoms. The molecule has 0 bridgehead atoms. The van der Waals surface area contributed by atoms with Gasteiger partial charge in [-0.2, -0.15) is 0 Å². The molecule has 0 aliphatic rings. The number of rotatable bonds is 2. The molecule has 0 saturated carbocycles. The third-order valence-corrected chi connectivity index (χ3v) is 1.14. The van der Waals surface area contributed by atoms with E-state index in [1.807, 2.05) is 6.92 Å². The molecular weight excluding hydrogens is 122 g/mol. The Morgan fingerprint density at radius 3 is 2.75 bits per heavy atom. The van der Waals surface area contributed by atoms with E-state index in [0.717, 1.165) is 11.5 Å². The Balaban J connectivity index is 3.57. The lowest BCUT2D eigenvalue weighted by Gasteiger charge is -1.83. The van der Waals surface area contributed by atoms with Crippen molar-refractivity contribution < 1.29 is 0 Å². The maximum Gasteiger partial charge on any atom is 0.0277 e. The molecule has 0 amide bonds. The highest BCUT2D eigenvalue weighted by molar-refractivity contribution is 6.30. The Bertz CT molecular complexity index is 105. The van der Waals surface area contributed by atoms with Gasteiger partial charge in [0.1, 0.15) is 0 Å². The first-order valence-electron chi connectivity index (χ1n) is 2.58. The van der Waals surface area contributed by atoms with Crippen molar-refractivity contribution >= 4 is 17.8 Å². The Morgan fingerprint density at radius 1 is 1.75 bits per heavy atom. The van der Waals surface area contributed by atoms with Crippen molar-refractivity contribution in [3.05, 3.63) is 11.1 Å². The first-order chi connectivity index (χ1) is 3.81. The third kappa shape index (κ3) is 3.88. The van der Waals surface area contributed by atoms with Gasteiger partial charge in [-0.1, -0.05) is 18.5 Å². The van der Waals surface area contributed by atoms with Gasteiger partial charge in [-0.05, 0) is 12.5 Å². The number of aliphatic imine (C=N–C) groups is 1. The van der Waals surface area contributed by atoms with Gasteiger partial charge in [0.25, 0.3) is 0 Å². The molecule has 0 aromatic rings. The van der Waals surface area contributed by atoms with Gasteiger partial charge in [0.15, 0.2) is 0 Å². The molecular formula is C6H10ClN. The maximum absolute atomic E-state index is 5.61. The van der Waals surface area contributed by atoms with Gasteiger partial charge in [0, 0.05) is 18.3 Å². The van der Waals surface area contributed by atoms with Gasteiger partial charge in [0.05, 0.1) is 0 Å². The molecule has 1 nitrogen and oxygen atoms in total. The Kier molecular flexibility index (Phi) is 4.67. The fraction of sp³-hybridized carbons (Fsp3) is 0.500. The second-order valence-electron chi connectivity index (χ2n) is 1.37. The largest absolute Gasteiger partial charge is 0.296 e. The van der Waals surface area contributed by atoms with Crippen LogP contribution in [0.4, 0.5) is 0 Å². The Morgan fingerprint density at radius 2 is 2.38 bits per heavy atom. The van der Waals surface area contributed by atoms with Crippen LogP contribution in [0.3, 0.4) is 0 Å². The lowest BCUT2D eigenvalue weighted by Crippen LogP contribution is -1.68. The molecule has 8 heavy (non-hydrogen) atoms. The van der Waals surface area contributed by atoms with Crippen LogP contribution in [0.2, 0.25) is 0 Å². The van der Waals surface area contributed by atoms with Crippen LogP contribution in [0.1, 0.15) is 13.3 Å². The van der Waals surface area contributed by atoms with Crippen LogP contribution in [0, 0.1) is 0 Å². The fourth-order valence-electron chi connectivity index (χ4n) is 0.273. The van der Waals surface area contributed by atoms with E-state index < -0.39 is 0 Å². The van der Waals surface area contributed by atoms with Gasteiger partial charge in [-0.3, -0.25) is 4.99 Å². The summed E-state index contributed by atoms with van der Waals surface area (Å²) >= 11 is 5.61. The highest BCUT2D eigenvalue weighted by Crippen LogP contribution is 2.02. The first-order valence-corrected chi connectivity index (χ1v) is 2.96. The van der Waals surface area contributed by atoms with E-state index in [1.165, 1.54) is 0 Å². The van der Waals surface area contributed by atoms with Crippen molar-refractivity contribution in [1.82, 2.24) is 0 Å². The number of hydrogen-bond acceptors (Lipinski definition) is 1. The minimum Gasteiger partial charge on any atom is -0.296 e. The molecule has 0 aliphatic carbocycles. The summed E-state index contributed by atoms with van der Waals surface area (Å²) in [7, 11) is 1.72. The van der Waals surface area contributed by atoms with Crippen molar-refractivity contribution in [2.24, 2.45) is 4.99 Å². The van der Waals surface area contributed by atoms with E-state index >= 15 is 0 Å². The van der Waals surface area contributed by atoms with E-state index in [-0.39, 0.29) is 0 Å². The van der Waals surface area contributed by atoms with Crippen LogP contribution in [0.15, 0.2) is 16.1 Å². The normalized spacial score (nSPS) is 13.1. The van der Waals surface area contributed by atoms with Gasteiger partial charge >= 0.3 is 0 Å². The van der Waals surface area contributed by atoms with Gasteiger partial charge in [-0.25, -0.2) is 0 Å². The summed E-state index contributed by atoms with van der Waals surface area (Å²) in [6, 6.07) is 0. The summed E-state index contributed by atoms with van der Waals surface area (Å²) < 4.78 is 0. The Hall–Kier alpha value is -0.300. The van der Waals surface area contributed by atoms with Gasteiger partial charge < -0.3 is 0 Å². The highest BCUT2D eigenvalue weighted by Gasteiger charge is 1.79. The molecule has 0 atom stereocenters. The van der Waals surface area contributed by atoms with Crippen LogP contribution >= 0.6 is 11.6 Å². The Labute approximate surface area is 55.1 Å². The van der Waals surface area contributed by atoms with E-state index in [1.54, 1.807) is 19.3 Å². The molecule has 46 valence electrons. The lowest BCUT2D eigenvalue weighted by atomic mass is 10.4. The van der Waals surface area contributed by atoms with Crippen LogP contribution in [-0.2, 0) is 0 Å². The van der Waals surface area contributed by atoms with E-state index in [4.69, 9.17) is 11.6 Å². The highest BCUT2D eigenvalue weighted by atomic mass is 35.5. The van der Waals surface area contributed by atoms with E-state index in [2.05, 4.69) is 4.99 Å². The third-order valence-electron chi connectivity index (χ3n) is 0.742. The summed E-state index contributed by atoms with van der Waals surface area (Å²) in [5, 5.41) is 0.843. The molecule has 0 N–H and O–H groups in total. The second kappa shape index (κ2) is 4.85. The average Bonchev–Trinajstić information content (AvgIpc) is 1.83. The van der Waals surface area contributed by atoms with E-state index in [9.17, 15) is 0 Å². The lowest BCUT2D eigenvalue weighted by molar-refractivity contribution is 1.20. The molecule has 0 saturated heterocycles. The van der Waals surface area contributed by atoms with Gasteiger partial charge in [0.2, 0.25) is 0 Å². The van der Waals surface area contributed by atoms with Crippen molar-refractivity contribution in [2.75, 3.05) is 7.05 Å². The van der Waals surface area contributed by atoms with E-state index in [0.29, 0.717) is 0 Å². The SMILES string of the molecule is CC/C(Cl)=C\C=N/C. The summed E-state index contributed by atoms with van der Waals surface area (Å²) in [4.78, 5) is 3.74. The molecule has 0 spiro atoms. The molecule has 0 unspecified atom stereocenters. The van der Waals surface area contributed by atoms with Crippen LogP contribution < -0.4 is 0 Å². The zero-order chi connectivity index (χ0) is 6.41. The number of hydrogen-bond donors (Lipinski definition) is 0. The van der Waals surface area contributed by atoms with Crippen LogP contribution in [-0.4, -0.2) is 13.3 Å².